The van der Waals surface area contributed by atoms with Gasteiger partial charge in [0, 0.05) is 18.2 Å². The fourth-order valence-electron chi connectivity index (χ4n) is 4.21. The van der Waals surface area contributed by atoms with Crippen LogP contribution < -0.4 is 19.3 Å². The molecule has 2 aromatic carbocycles. The van der Waals surface area contributed by atoms with Gasteiger partial charge < -0.3 is 15.0 Å². The molecule has 0 aromatic heterocycles. The second-order valence-electron chi connectivity index (χ2n) is 8.30. The van der Waals surface area contributed by atoms with Crippen molar-refractivity contribution in [3.63, 3.8) is 0 Å². The molecule has 1 saturated heterocycles. The zero-order valence-corrected chi connectivity index (χ0v) is 19.7. The number of amides is 2. The molecule has 8 nitrogen and oxygen atoms in total. The average Bonchev–Trinajstić information content (AvgIpc) is 3.20. The van der Waals surface area contributed by atoms with Crippen molar-refractivity contribution < 1.29 is 22.7 Å². The van der Waals surface area contributed by atoms with E-state index >= 15 is 0 Å². The summed E-state index contributed by atoms with van der Waals surface area (Å²) in [6.45, 7) is 4.56. The lowest BCUT2D eigenvalue weighted by atomic mass is 10.1. The van der Waals surface area contributed by atoms with Crippen LogP contribution in [0.4, 0.5) is 11.4 Å². The molecule has 9 heteroatoms. The molecule has 2 aliphatic rings. The number of hydrogen-bond donors (Lipinski definition) is 1. The Hall–Kier alpha value is -3.07. The minimum absolute atomic E-state index is 0.0526. The largest absolute Gasteiger partial charge is 0.477 e. The Labute approximate surface area is 194 Å². The maximum absolute atomic E-state index is 13.4. The Morgan fingerprint density at radius 3 is 2.42 bits per heavy atom. The van der Waals surface area contributed by atoms with Crippen molar-refractivity contribution in [2.24, 2.45) is 0 Å². The van der Waals surface area contributed by atoms with Gasteiger partial charge in [-0.2, -0.15) is 0 Å². The van der Waals surface area contributed by atoms with E-state index in [2.05, 4.69) is 5.32 Å². The molecule has 0 spiro atoms. The molecule has 0 bridgehead atoms. The summed E-state index contributed by atoms with van der Waals surface area (Å²) >= 11 is 0. The van der Waals surface area contributed by atoms with E-state index in [1.165, 1.54) is 4.31 Å². The van der Waals surface area contributed by atoms with Crippen LogP contribution in [0.1, 0.15) is 43.5 Å². The topological polar surface area (TPSA) is 96.0 Å². The summed E-state index contributed by atoms with van der Waals surface area (Å²) in [7, 11) is -3.29. The normalized spacial score (nSPS) is 19.2. The second kappa shape index (κ2) is 9.43. The maximum atomic E-state index is 13.4. The molecule has 33 heavy (non-hydrogen) atoms. The third-order valence-electron chi connectivity index (χ3n) is 6.14. The van der Waals surface area contributed by atoms with Crippen molar-refractivity contribution in [3.05, 3.63) is 54.1 Å². The van der Waals surface area contributed by atoms with Crippen LogP contribution in [-0.2, 0) is 14.8 Å². The number of fused-ring (bicyclic) bond motifs is 1. The fraction of sp³-hybridized carbons (Fsp3) is 0.417. The minimum Gasteiger partial charge on any atom is -0.477 e. The van der Waals surface area contributed by atoms with Crippen molar-refractivity contribution in [2.45, 2.75) is 45.3 Å². The molecule has 1 atom stereocenters. The summed E-state index contributed by atoms with van der Waals surface area (Å²) in [6.07, 6.45) is 1.40. The number of para-hydroxylation sites is 2. The number of nitrogens with zero attached hydrogens (tertiary/aromatic N) is 2. The van der Waals surface area contributed by atoms with Gasteiger partial charge in [-0.3, -0.25) is 13.9 Å². The van der Waals surface area contributed by atoms with Crippen molar-refractivity contribution in [2.75, 3.05) is 28.0 Å². The van der Waals surface area contributed by atoms with Crippen LogP contribution in [0.3, 0.4) is 0 Å². The Balaban J connectivity index is 1.57. The molecule has 2 amide bonds. The summed E-state index contributed by atoms with van der Waals surface area (Å²) in [4.78, 5) is 27.8. The molecule has 2 heterocycles. The number of carbonyl (C=O) groups is 2. The number of benzene rings is 2. The first kappa shape index (κ1) is 23.1. The van der Waals surface area contributed by atoms with Crippen LogP contribution in [0, 0.1) is 0 Å². The van der Waals surface area contributed by atoms with Gasteiger partial charge in [-0.1, -0.05) is 26.0 Å². The van der Waals surface area contributed by atoms with Crippen molar-refractivity contribution in [3.8, 4) is 5.75 Å². The highest BCUT2D eigenvalue weighted by Gasteiger charge is 2.35. The molecule has 1 unspecified atom stereocenters. The van der Waals surface area contributed by atoms with E-state index in [0.29, 0.717) is 35.7 Å². The third kappa shape index (κ3) is 4.68. The number of nitrogens with one attached hydrogen (secondary N) is 1. The van der Waals surface area contributed by atoms with Gasteiger partial charge >= 0.3 is 0 Å². The van der Waals surface area contributed by atoms with Crippen LogP contribution in [-0.4, -0.2) is 51.2 Å². The Kier molecular flexibility index (Phi) is 6.60. The van der Waals surface area contributed by atoms with Crippen LogP contribution >= 0.6 is 0 Å². The van der Waals surface area contributed by atoms with Crippen LogP contribution in [0.5, 0.6) is 5.75 Å². The van der Waals surface area contributed by atoms with Crippen molar-refractivity contribution in [1.82, 2.24) is 5.32 Å². The SMILES string of the molecule is CCC(CC)NC(=O)C1CN(C(=O)c2ccc(N3CCCS3(=O)=O)cc2)c2ccccc2O1. The Bertz CT molecular complexity index is 1130. The van der Waals surface area contributed by atoms with Gasteiger partial charge in [0.2, 0.25) is 10.0 Å². The molecular formula is C24H29N3O5S. The van der Waals surface area contributed by atoms with Crippen molar-refractivity contribution >= 4 is 33.2 Å². The second-order valence-corrected chi connectivity index (χ2v) is 10.3. The highest BCUT2D eigenvalue weighted by Crippen LogP contribution is 2.34. The quantitative estimate of drug-likeness (QED) is 0.699. The zero-order valence-electron chi connectivity index (χ0n) is 18.9. The predicted octanol–water partition coefficient (Wildman–Crippen LogP) is 2.94. The number of carbonyl (C=O) groups excluding carboxylic acids is 2. The first-order valence-corrected chi connectivity index (χ1v) is 12.9. The van der Waals surface area contributed by atoms with Gasteiger partial charge in [0.15, 0.2) is 6.10 Å². The summed E-state index contributed by atoms with van der Waals surface area (Å²) in [6, 6.07) is 13.8. The summed E-state index contributed by atoms with van der Waals surface area (Å²) in [5.41, 5.74) is 1.56. The van der Waals surface area contributed by atoms with E-state index < -0.39 is 16.1 Å². The molecule has 0 aliphatic carbocycles. The molecule has 0 radical (unpaired) electrons. The number of sulfonamides is 1. The lowest BCUT2D eigenvalue weighted by molar-refractivity contribution is -0.128. The summed E-state index contributed by atoms with van der Waals surface area (Å²) in [5, 5.41) is 3.00. The number of hydrogen-bond acceptors (Lipinski definition) is 5. The van der Waals surface area contributed by atoms with Crippen molar-refractivity contribution in [1.29, 1.82) is 0 Å². The molecule has 0 saturated carbocycles. The molecule has 1 N–H and O–H groups in total. The monoisotopic (exact) mass is 471 g/mol. The highest BCUT2D eigenvalue weighted by atomic mass is 32.2. The molecule has 2 aliphatic heterocycles. The number of anilines is 2. The van der Waals surface area contributed by atoms with Crippen LogP contribution in [0.15, 0.2) is 48.5 Å². The highest BCUT2D eigenvalue weighted by molar-refractivity contribution is 7.93. The first-order chi connectivity index (χ1) is 15.8. The van der Waals surface area contributed by atoms with Gasteiger partial charge in [0.25, 0.3) is 11.8 Å². The van der Waals surface area contributed by atoms with E-state index in [9.17, 15) is 18.0 Å². The fourth-order valence-corrected chi connectivity index (χ4v) is 5.77. The summed E-state index contributed by atoms with van der Waals surface area (Å²) in [5.74, 6) is 0.0904. The maximum Gasteiger partial charge on any atom is 0.263 e. The smallest absolute Gasteiger partial charge is 0.263 e. The van der Waals surface area contributed by atoms with E-state index in [4.69, 9.17) is 4.74 Å². The van der Waals surface area contributed by atoms with Gasteiger partial charge in [-0.15, -0.1) is 0 Å². The minimum atomic E-state index is -3.29. The average molecular weight is 472 g/mol. The van der Waals surface area contributed by atoms with Gasteiger partial charge in [-0.25, -0.2) is 8.42 Å². The Morgan fingerprint density at radius 2 is 1.79 bits per heavy atom. The molecule has 4 rings (SSSR count). The molecule has 176 valence electrons. The summed E-state index contributed by atoms with van der Waals surface area (Å²) < 4.78 is 31.7. The number of rotatable bonds is 6. The zero-order chi connectivity index (χ0) is 23.6. The van der Waals surface area contributed by atoms with Crippen LogP contribution in [0.25, 0.3) is 0 Å². The van der Waals surface area contributed by atoms with E-state index in [1.54, 1.807) is 47.4 Å². The molecule has 1 fully saturated rings. The molecular weight excluding hydrogens is 442 g/mol. The molecule has 2 aromatic rings. The third-order valence-corrected chi connectivity index (χ3v) is 8.01. The Morgan fingerprint density at radius 1 is 1.09 bits per heavy atom. The van der Waals surface area contributed by atoms with E-state index in [0.717, 1.165) is 12.8 Å². The lowest BCUT2D eigenvalue weighted by Crippen LogP contribution is -2.52. The van der Waals surface area contributed by atoms with Gasteiger partial charge in [0.05, 0.1) is 23.7 Å². The van der Waals surface area contributed by atoms with E-state index in [-0.39, 0.29) is 30.2 Å². The standard InChI is InChI=1S/C24H29N3O5S/c1-3-18(4-2)25-23(28)22-16-26(20-8-5-6-9-21(20)32-22)24(29)17-10-12-19(13-11-17)27-14-7-15-33(27,30)31/h5-6,8-13,18,22H,3-4,7,14-16H2,1-2H3,(H,25,28). The van der Waals surface area contributed by atoms with Gasteiger partial charge in [0.1, 0.15) is 5.75 Å². The predicted molar refractivity (Wildman–Crippen MR) is 127 cm³/mol. The number of ether oxygens (including phenoxy) is 1. The first-order valence-electron chi connectivity index (χ1n) is 11.3. The lowest BCUT2D eigenvalue weighted by Gasteiger charge is -2.34. The van der Waals surface area contributed by atoms with Crippen LogP contribution in [0.2, 0.25) is 0 Å². The van der Waals surface area contributed by atoms with Gasteiger partial charge in [-0.05, 0) is 55.7 Å². The van der Waals surface area contributed by atoms with E-state index in [1.807, 2.05) is 19.9 Å².